The van der Waals surface area contributed by atoms with E-state index < -0.39 is 0 Å². The summed E-state index contributed by atoms with van der Waals surface area (Å²) in [6, 6.07) is 1.82. The molecule has 4 nitrogen and oxygen atoms in total. The minimum absolute atomic E-state index is 0.676. The zero-order valence-corrected chi connectivity index (χ0v) is 7.07. The van der Waals surface area contributed by atoms with Crippen LogP contribution in [0.5, 0.6) is 0 Å². The topological polar surface area (TPSA) is 56.2 Å². The molecule has 62 valence electrons. The van der Waals surface area contributed by atoms with Gasteiger partial charge in [-0.2, -0.15) is 5.10 Å². The van der Waals surface area contributed by atoms with Crippen LogP contribution in [0.15, 0.2) is 12.3 Å². The number of aryl methyl sites for hydroxylation is 2. The fourth-order valence-electron chi connectivity index (χ4n) is 1.25. The van der Waals surface area contributed by atoms with Crippen molar-refractivity contribution in [2.75, 3.05) is 5.73 Å². The first-order valence-corrected chi connectivity index (χ1v) is 3.76. The van der Waals surface area contributed by atoms with Crippen LogP contribution in [-0.2, 0) is 0 Å². The van der Waals surface area contributed by atoms with Crippen LogP contribution in [0.1, 0.15) is 11.4 Å². The molecule has 2 aromatic rings. The van der Waals surface area contributed by atoms with Crippen molar-refractivity contribution in [3.8, 4) is 0 Å². The standard InChI is InChI=1S/C8H10N4/c1-5-3-7(9)8-10-6(2)4-12(8)11-5/h3-4H,9H2,1-2H3. The zero-order chi connectivity index (χ0) is 8.72. The van der Waals surface area contributed by atoms with E-state index in [2.05, 4.69) is 10.1 Å². The van der Waals surface area contributed by atoms with Gasteiger partial charge in [0.05, 0.1) is 23.3 Å². The van der Waals surface area contributed by atoms with Crippen molar-refractivity contribution >= 4 is 11.3 Å². The molecule has 12 heavy (non-hydrogen) atoms. The molecule has 0 aliphatic rings. The molecular weight excluding hydrogens is 152 g/mol. The summed E-state index contributed by atoms with van der Waals surface area (Å²) in [6.45, 7) is 3.83. The Hall–Kier alpha value is -1.58. The molecule has 0 aromatic carbocycles. The predicted molar refractivity (Wildman–Crippen MR) is 46.9 cm³/mol. The van der Waals surface area contributed by atoms with Gasteiger partial charge in [-0.1, -0.05) is 0 Å². The highest BCUT2D eigenvalue weighted by atomic mass is 15.3. The van der Waals surface area contributed by atoms with Gasteiger partial charge in [-0.3, -0.25) is 0 Å². The van der Waals surface area contributed by atoms with Crippen molar-refractivity contribution < 1.29 is 0 Å². The molecule has 0 amide bonds. The van der Waals surface area contributed by atoms with Crippen LogP contribution >= 0.6 is 0 Å². The summed E-state index contributed by atoms with van der Waals surface area (Å²) in [4.78, 5) is 4.23. The second kappa shape index (κ2) is 2.20. The Morgan fingerprint density at radius 3 is 2.83 bits per heavy atom. The van der Waals surface area contributed by atoms with Gasteiger partial charge in [-0.05, 0) is 19.9 Å². The molecular formula is C8H10N4. The SMILES string of the molecule is Cc1cn2nc(C)cc(N)c2n1. The third kappa shape index (κ3) is 0.922. The van der Waals surface area contributed by atoms with E-state index in [0.29, 0.717) is 5.69 Å². The van der Waals surface area contributed by atoms with E-state index in [1.807, 2.05) is 26.1 Å². The lowest BCUT2D eigenvalue weighted by molar-refractivity contribution is 0.902. The van der Waals surface area contributed by atoms with E-state index in [4.69, 9.17) is 5.73 Å². The molecule has 0 bridgehead atoms. The number of aromatic nitrogens is 3. The van der Waals surface area contributed by atoms with Crippen molar-refractivity contribution in [2.45, 2.75) is 13.8 Å². The van der Waals surface area contributed by atoms with Crippen LogP contribution < -0.4 is 5.73 Å². The monoisotopic (exact) mass is 162 g/mol. The molecule has 0 spiro atoms. The Balaban J connectivity index is 2.88. The molecule has 2 heterocycles. The number of nitrogens with two attached hydrogens (primary N) is 1. The van der Waals surface area contributed by atoms with Crippen molar-refractivity contribution in [2.24, 2.45) is 0 Å². The lowest BCUT2D eigenvalue weighted by Gasteiger charge is -1.97. The maximum atomic E-state index is 5.75. The summed E-state index contributed by atoms with van der Waals surface area (Å²) in [5.74, 6) is 0. The highest BCUT2D eigenvalue weighted by molar-refractivity contribution is 5.64. The molecule has 0 saturated carbocycles. The maximum Gasteiger partial charge on any atom is 0.176 e. The van der Waals surface area contributed by atoms with E-state index in [1.165, 1.54) is 0 Å². The van der Waals surface area contributed by atoms with Crippen molar-refractivity contribution in [3.05, 3.63) is 23.7 Å². The quantitative estimate of drug-likeness (QED) is 0.627. The van der Waals surface area contributed by atoms with Crippen LogP contribution in [0.25, 0.3) is 5.65 Å². The van der Waals surface area contributed by atoms with Crippen LogP contribution in [0.3, 0.4) is 0 Å². The lowest BCUT2D eigenvalue weighted by Crippen LogP contribution is -1.98. The van der Waals surface area contributed by atoms with Gasteiger partial charge in [0.15, 0.2) is 5.65 Å². The van der Waals surface area contributed by atoms with Crippen LogP contribution in [0.4, 0.5) is 5.69 Å². The molecule has 0 fully saturated rings. The van der Waals surface area contributed by atoms with E-state index in [0.717, 1.165) is 17.0 Å². The van der Waals surface area contributed by atoms with Crippen LogP contribution in [0, 0.1) is 13.8 Å². The fourth-order valence-corrected chi connectivity index (χ4v) is 1.25. The van der Waals surface area contributed by atoms with Gasteiger partial charge in [0.25, 0.3) is 0 Å². The molecule has 0 radical (unpaired) electrons. The number of imidazole rings is 1. The Morgan fingerprint density at radius 2 is 2.08 bits per heavy atom. The summed E-state index contributed by atoms with van der Waals surface area (Å²) in [6.07, 6.45) is 1.86. The average molecular weight is 162 g/mol. The number of hydrogen-bond acceptors (Lipinski definition) is 3. The molecule has 4 heteroatoms. The maximum absolute atomic E-state index is 5.75. The summed E-state index contributed by atoms with van der Waals surface area (Å²) < 4.78 is 1.71. The second-order valence-corrected chi connectivity index (χ2v) is 2.89. The number of rotatable bonds is 0. The van der Waals surface area contributed by atoms with Gasteiger partial charge in [0.1, 0.15) is 0 Å². The molecule has 2 rings (SSSR count). The molecule has 0 saturated heterocycles. The third-order valence-electron chi connectivity index (χ3n) is 1.70. The Kier molecular flexibility index (Phi) is 1.30. The van der Waals surface area contributed by atoms with Crippen molar-refractivity contribution in [1.82, 2.24) is 14.6 Å². The van der Waals surface area contributed by atoms with Gasteiger partial charge in [0.2, 0.25) is 0 Å². The van der Waals surface area contributed by atoms with E-state index in [-0.39, 0.29) is 0 Å². The number of nitrogens with zero attached hydrogens (tertiary/aromatic N) is 3. The van der Waals surface area contributed by atoms with E-state index in [1.54, 1.807) is 4.52 Å². The van der Waals surface area contributed by atoms with Crippen LogP contribution in [-0.4, -0.2) is 14.6 Å². The van der Waals surface area contributed by atoms with E-state index >= 15 is 0 Å². The summed E-state index contributed by atoms with van der Waals surface area (Å²) >= 11 is 0. The smallest absolute Gasteiger partial charge is 0.176 e. The minimum Gasteiger partial charge on any atom is -0.396 e. The summed E-state index contributed by atoms with van der Waals surface area (Å²) in [5.41, 5.74) is 8.99. The van der Waals surface area contributed by atoms with Gasteiger partial charge >= 0.3 is 0 Å². The summed E-state index contributed by atoms with van der Waals surface area (Å²) in [7, 11) is 0. The minimum atomic E-state index is 0.676. The lowest BCUT2D eigenvalue weighted by atomic mass is 10.4. The zero-order valence-electron chi connectivity index (χ0n) is 7.07. The highest BCUT2D eigenvalue weighted by Gasteiger charge is 2.02. The number of nitrogen functional groups attached to an aromatic ring is 1. The Labute approximate surface area is 70.0 Å². The predicted octanol–water partition coefficient (Wildman–Crippen LogP) is 0.928. The molecule has 2 aromatic heterocycles. The Morgan fingerprint density at radius 1 is 1.33 bits per heavy atom. The molecule has 0 aliphatic heterocycles. The number of hydrogen-bond donors (Lipinski definition) is 1. The van der Waals surface area contributed by atoms with Gasteiger partial charge in [-0.25, -0.2) is 9.50 Å². The molecule has 0 aliphatic carbocycles. The normalized spacial score (nSPS) is 10.8. The first kappa shape index (κ1) is 7.09. The first-order chi connectivity index (χ1) is 5.66. The Bertz CT molecular complexity index is 430. The largest absolute Gasteiger partial charge is 0.396 e. The van der Waals surface area contributed by atoms with Crippen LogP contribution in [0.2, 0.25) is 0 Å². The second-order valence-electron chi connectivity index (χ2n) is 2.89. The van der Waals surface area contributed by atoms with Crippen molar-refractivity contribution in [3.63, 3.8) is 0 Å². The van der Waals surface area contributed by atoms with E-state index in [9.17, 15) is 0 Å². The molecule has 0 unspecified atom stereocenters. The fraction of sp³-hybridized carbons (Fsp3) is 0.250. The average Bonchev–Trinajstić information content (AvgIpc) is 2.29. The molecule has 2 N–H and O–H groups in total. The van der Waals surface area contributed by atoms with Crippen molar-refractivity contribution in [1.29, 1.82) is 0 Å². The third-order valence-corrected chi connectivity index (χ3v) is 1.70. The van der Waals surface area contributed by atoms with Gasteiger partial charge < -0.3 is 5.73 Å². The van der Waals surface area contributed by atoms with Gasteiger partial charge in [-0.15, -0.1) is 0 Å². The van der Waals surface area contributed by atoms with Gasteiger partial charge in [0, 0.05) is 0 Å². The number of fused-ring (bicyclic) bond motifs is 1. The highest BCUT2D eigenvalue weighted by Crippen LogP contribution is 2.12. The molecule has 0 atom stereocenters. The number of anilines is 1. The summed E-state index contributed by atoms with van der Waals surface area (Å²) in [5, 5.41) is 4.23. The first-order valence-electron chi connectivity index (χ1n) is 3.76.